The number of aliphatic hydroxyl groups is 1. The summed E-state index contributed by atoms with van der Waals surface area (Å²) in [6.45, 7) is 9.83. The Hall–Kier alpha value is -2.86. The van der Waals surface area contributed by atoms with Gasteiger partial charge in [0.05, 0.1) is 19.6 Å². The monoisotopic (exact) mass is 486 g/mol. The molecule has 6 nitrogen and oxygen atoms in total. The molecule has 0 aromatic heterocycles. The highest BCUT2D eigenvalue weighted by Crippen LogP contribution is 2.29. The minimum absolute atomic E-state index is 0.0255. The molecule has 6 heteroatoms. The first kappa shape index (κ1) is 30.2. The number of aliphatic hydroxyl groups excluding tert-OH is 1. The van der Waals surface area contributed by atoms with Crippen LogP contribution in [0.5, 0.6) is 11.5 Å². The van der Waals surface area contributed by atoms with Crippen molar-refractivity contribution in [1.29, 1.82) is 0 Å². The number of Topliss-reactive ketones (excluding diaryl/α,β-unsaturated/α-hetero) is 1. The molecule has 1 aromatic carbocycles. The van der Waals surface area contributed by atoms with Gasteiger partial charge < -0.3 is 20.1 Å². The van der Waals surface area contributed by atoms with Crippen molar-refractivity contribution in [2.45, 2.75) is 85.7 Å². The zero-order valence-corrected chi connectivity index (χ0v) is 22.1. The second kappa shape index (κ2) is 15.2. The number of rotatable bonds is 14. The van der Waals surface area contributed by atoms with Crippen molar-refractivity contribution in [2.24, 2.45) is 5.92 Å². The third kappa shape index (κ3) is 11.9. The number of allylic oxidation sites excluding steroid dienone is 4. The van der Waals surface area contributed by atoms with Crippen molar-refractivity contribution in [3.05, 3.63) is 58.2 Å². The van der Waals surface area contributed by atoms with E-state index in [0.29, 0.717) is 36.8 Å². The first-order valence-corrected chi connectivity index (χ1v) is 12.2. The topological polar surface area (TPSA) is 104 Å². The molecule has 0 unspecified atom stereocenters. The van der Waals surface area contributed by atoms with Gasteiger partial charge in [0.2, 0.25) is 0 Å². The average Bonchev–Trinajstić information content (AvgIpc) is 2.77. The molecule has 0 radical (unpaired) electrons. The summed E-state index contributed by atoms with van der Waals surface area (Å²) in [6, 6.07) is 2.83. The number of carbonyl (C=O) groups is 2. The number of hydrogen-bond acceptors (Lipinski definition) is 6. The van der Waals surface area contributed by atoms with Gasteiger partial charge in [-0.05, 0) is 71.9 Å². The fourth-order valence-electron chi connectivity index (χ4n) is 3.81. The molecule has 0 amide bonds. The maximum atomic E-state index is 12.6. The average molecular weight is 487 g/mol. The number of ether oxygens (including phenoxy) is 1. The van der Waals surface area contributed by atoms with Crippen molar-refractivity contribution in [3.8, 4) is 11.5 Å². The van der Waals surface area contributed by atoms with Crippen LogP contribution in [0.4, 0.5) is 0 Å². The largest absolute Gasteiger partial charge is 0.508 e. The summed E-state index contributed by atoms with van der Waals surface area (Å²) in [6.07, 6.45) is 8.94. The third-order valence-electron chi connectivity index (χ3n) is 5.95. The van der Waals surface area contributed by atoms with Crippen LogP contribution in [-0.2, 0) is 27.2 Å². The fourth-order valence-corrected chi connectivity index (χ4v) is 3.81. The Balaban J connectivity index is 2.56. The number of phenolic OH excluding ortho intramolecular Hbond substituents is 2. The molecule has 35 heavy (non-hydrogen) atoms. The summed E-state index contributed by atoms with van der Waals surface area (Å²) in [7, 11) is 1.27. The molecule has 0 fully saturated rings. The van der Waals surface area contributed by atoms with E-state index in [1.165, 1.54) is 19.2 Å². The molecular formula is C29H42O6. The van der Waals surface area contributed by atoms with E-state index >= 15 is 0 Å². The second-order valence-corrected chi connectivity index (χ2v) is 9.63. The lowest BCUT2D eigenvalue weighted by molar-refractivity contribution is -0.139. The van der Waals surface area contributed by atoms with Crippen LogP contribution in [0.2, 0.25) is 0 Å². The molecule has 0 aliphatic carbocycles. The summed E-state index contributed by atoms with van der Waals surface area (Å²) in [5, 5.41) is 30.4. The molecule has 2 atom stereocenters. The first-order valence-electron chi connectivity index (χ1n) is 12.2. The maximum Gasteiger partial charge on any atom is 0.310 e. The fraction of sp³-hybridized carbons (Fsp3) is 0.517. The lowest BCUT2D eigenvalue weighted by Gasteiger charge is -2.11. The lowest BCUT2D eigenvalue weighted by Crippen LogP contribution is -2.10. The molecule has 0 aliphatic heterocycles. The van der Waals surface area contributed by atoms with Crippen LogP contribution in [-0.4, -0.2) is 40.3 Å². The molecule has 3 N–H and O–H groups in total. The van der Waals surface area contributed by atoms with Gasteiger partial charge >= 0.3 is 5.97 Å². The molecule has 0 saturated carbocycles. The van der Waals surface area contributed by atoms with Crippen molar-refractivity contribution in [1.82, 2.24) is 0 Å². The predicted octanol–water partition coefficient (Wildman–Crippen LogP) is 5.73. The van der Waals surface area contributed by atoms with Crippen LogP contribution in [0.25, 0.3) is 0 Å². The van der Waals surface area contributed by atoms with E-state index in [2.05, 4.69) is 10.8 Å². The van der Waals surface area contributed by atoms with Crippen LogP contribution < -0.4 is 0 Å². The van der Waals surface area contributed by atoms with Gasteiger partial charge in [-0.15, -0.1) is 0 Å². The van der Waals surface area contributed by atoms with Crippen molar-refractivity contribution < 1.29 is 29.6 Å². The quantitative estimate of drug-likeness (QED) is 0.176. The number of carbonyl (C=O) groups excluding carboxylic acids is 2. The molecule has 1 rings (SSSR count). The van der Waals surface area contributed by atoms with Crippen LogP contribution >= 0.6 is 0 Å². The Morgan fingerprint density at radius 3 is 2.29 bits per heavy atom. The van der Waals surface area contributed by atoms with Gasteiger partial charge in [-0.25, -0.2) is 0 Å². The van der Waals surface area contributed by atoms with Gasteiger partial charge in [0.25, 0.3) is 0 Å². The van der Waals surface area contributed by atoms with Crippen LogP contribution in [0.3, 0.4) is 0 Å². The Labute approximate surface area is 210 Å². The summed E-state index contributed by atoms with van der Waals surface area (Å²) in [4.78, 5) is 24.1. The number of ketones is 1. The summed E-state index contributed by atoms with van der Waals surface area (Å²) in [5.41, 5.74) is 4.07. The van der Waals surface area contributed by atoms with Gasteiger partial charge in [-0.3, -0.25) is 9.59 Å². The van der Waals surface area contributed by atoms with E-state index in [1.54, 1.807) is 0 Å². The van der Waals surface area contributed by atoms with Crippen molar-refractivity contribution in [3.63, 3.8) is 0 Å². The highest BCUT2D eigenvalue weighted by Gasteiger charge is 2.14. The van der Waals surface area contributed by atoms with Gasteiger partial charge in [0.15, 0.2) is 0 Å². The van der Waals surface area contributed by atoms with E-state index in [0.717, 1.165) is 29.6 Å². The molecule has 0 spiro atoms. The van der Waals surface area contributed by atoms with E-state index in [9.17, 15) is 24.9 Å². The minimum atomic E-state index is -0.497. The number of hydrogen-bond donors (Lipinski definition) is 3. The second-order valence-electron chi connectivity index (χ2n) is 9.63. The minimum Gasteiger partial charge on any atom is -0.508 e. The van der Waals surface area contributed by atoms with Crippen molar-refractivity contribution in [2.75, 3.05) is 7.11 Å². The molecule has 1 aromatic rings. The molecule has 0 heterocycles. The van der Waals surface area contributed by atoms with Gasteiger partial charge in [-0.1, -0.05) is 41.9 Å². The Bertz CT molecular complexity index is 950. The highest BCUT2D eigenvalue weighted by atomic mass is 16.5. The van der Waals surface area contributed by atoms with Crippen LogP contribution in [0, 0.1) is 5.92 Å². The molecule has 0 bridgehead atoms. The summed E-state index contributed by atoms with van der Waals surface area (Å²) in [5.74, 6) is -0.371. The molecule has 0 aliphatic rings. The normalized spacial score (nSPS) is 13.8. The van der Waals surface area contributed by atoms with Crippen LogP contribution in [0.15, 0.2) is 47.1 Å². The SMILES string of the molecule is COC(=O)Cc1cc(O)cc(CC=C(C)CCC(=O)[C@H](C)CCC=C(C)C[C@H](O)C=C(C)C)c1O. The zero-order valence-electron chi connectivity index (χ0n) is 22.1. The van der Waals surface area contributed by atoms with Gasteiger partial charge in [0, 0.05) is 23.5 Å². The number of esters is 1. The van der Waals surface area contributed by atoms with Gasteiger partial charge in [0.1, 0.15) is 17.3 Å². The van der Waals surface area contributed by atoms with Crippen molar-refractivity contribution >= 4 is 11.8 Å². The number of methoxy groups -OCH3 is 1. The van der Waals surface area contributed by atoms with Gasteiger partial charge in [-0.2, -0.15) is 0 Å². The van der Waals surface area contributed by atoms with E-state index in [4.69, 9.17) is 0 Å². The standard InChI is InChI=1S/C29H42O6/c1-19(2)14-25(30)15-21(4)8-7-9-22(5)27(32)13-11-20(3)10-12-23-16-26(31)17-24(29(23)34)18-28(33)35-6/h8,10,14,16-17,22,25,30-31,34H,7,9,11-13,15,18H2,1-6H3/t22-,25-/m1/s1. The zero-order chi connectivity index (χ0) is 26.5. The maximum absolute atomic E-state index is 12.6. The number of phenols is 2. The summed E-state index contributed by atoms with van der Waals surface area (Å²) < 4.78 is 4.63. The predicted molar refractivity (Wildman–Crippen MR) is 139 cm³/mol. The molecular weight excluding hydrogens is 444 g/mol. The lowest BCUT2D eigenvalue weighted by atomic mass is 9.94. The highest BCUT2D eigenvalue weighted by molar-refractivity contribution is 5.80. The first-order chi connectivity index (χ1) is 16.4. The van der Waals surface area contributed by atoms with E-state index in [-0.39, 0.29) is 29.6 Å². The molecule has 0 saturated heterocycles. The van der Waals surface area contributed by atoms with E-state index in [1.807, 2.05) is 46.8 Å². The Kier molecular flexibility index (Phi) is 13.1. The molecule has 194 valence electrons. The smallest absolute Gasteiger partial charge is 0.310 e. The Morgan fingerprint density at radius 2 is 1.66 bits per heavy atom. The Morgan fingerprint density at radius 1 is 1.00 bits per heavy atom. The van der Waals surface area contributed by atoms with Crippen LogP contribution in [0.1, 0.15) is 77.8 Å². The van der Waals surface area contributed by atoms with E-state index < -0.39 is 12.1 Å². The number of aromatic hydroxyl groups is 2. The number of benzene rings is 1. The third-order valence-corrected chi connectivity index (χ3v) is 5.95. The summed E-state index contributed by atoms with van der Waals surface area (Å²) >= 11 is 0.